The predicted molar refractivity (Wildman–Crippen MR) is 107 cm³/mol. The van der Waals surface area contributed by atoms with Gasteiger partial charge in [-0.25, -0.2) is 0 Å². The summed E-state index contributed by atoms with van der Waals surface area (Å²) in [4.78, 5) is 5.08. The number of likely N-dealkylation sites (tertiary alicyclic amines) is 2. The third-order valence-corrected chi connectivity index (χ3v) is 6.27. The van der Waals surface area contributed by atoms with Crippen LogP contribution in [0.5, 0.6) is 0 Å². The molecule has 0 unspecified atom stereocenters. The Hall–Kier alpha value is -1.37. The Labute approximate surface area is 160 Å². The van der Waals surface area contributed by atoms with E-state index in [9.17, 15) is 0 Å². The largest absolute Gasteiger partial charge is 0.303 e. The molecule has 1 aromatic carbocycles. The molecular weight excluding hydrogens is 342 g/mol. The maximum absolute atomic E-state index is 4.56. The van der Waals surface area contributed by atoms with Gasteiger partial charge in [0.1, 0.15) is 0 Å². The summed E-state index contributed by atoms with van der Waals surface area (Å²) in [6.45, 7) is 6.92. The standard InChI is InChI=1S/C20H29N5S/c1-3-9-18(10-4-1)25-19(17-24-13-7-8-14-24)21-22-20(25)26-16-15-23-11-5-2-6-12-23/h1,3-4,9-10H,2,5-8,11-17H2. The minimum absolute atomic E-state index is 0.897. The van der Waals surface area contributed by atoms with Crippen molar-refractivity contribution >= 4 is 11.8 Å². The number of benzene rings is 1. The van der Waals surface area contributed by atoms with Crippen LogP contribution in [0.2, 0.25) is 0 Å². The van der Waals surface area contributed by atoms with Crippen molar-refractivity contribution in [2.45, 2.75) is 43.8 Å². The molecule has 0 radical (unpaired) electrons. The minimum atomic E-state index is 0.897. The second-order valence-corrected chi connectivity index (χ2v) is 8.37. The molecule has 140 valence electrons. The van der Waals surface area contributed by atoms with E-state index in [1.807, 2.05) is 11.8 Å². The van der Waals surface area contributed by atoms with Gasteiger partial charge in [-0.3, -0.25) is 9.47 Å². The number of thioether (sulfide) groups is 1. The number of para-hydroxylation sites is 1. The van der Waals surface area contributed by atoms with Crippen molar-refractivity contribution < 1.29 is 0 Å². The lowest BCUT2D eigenvalue weighted by atomic mass is 10.1. The van der Waals surface area contributed by atoms with Gasteiger partial charge in [0.05, 0.1) is 6.54 Å². The number of nitrogens with zero attached hydrogens (tertiary/aromatic N) is 5. The van der Waals surface area contributed by atoms with E-state index in [0.717, 1.165) is 29.8 Å². The van der Waals surface area contributed by atoms with Gasteiger partial charge in [0, 0.05) is 18.0 Å². The molecule has 2 aliphatic rings. The van der Waals surface area contributed by atoms with Crippen molar-refractivity contribution in [3.63, 3.8) is 0 Å². The molecule has 0 N–H and O–H groups in total. The molecule has 0 spiro atoms. The number of hydrogen-bond acceptors (Lipinski definition) is 5. The molecule has 4 rings (SSSR count). The average Bonchev–Trinajstić information content (AvgIpc) is 3.34. The second kappa shape index (κ2) is 9.02. The van der Waals surface area contributed by atoms with E-state index >= 15 is 0 Å². The molecule has 26 heavy (non-hydrogen) atoms. The first-order chi connectivity index (χ1) is 12.9. The quantitative estimate of drug-likeness (QED) is 0.697. The van der Waals surface area contributed by atoms with Gasteiger partial charge < -0.3 is 4.90 Å². The Bertz CT molecular complexity index is 675. The van der Waals surface area contributed by atoms with Gasteiger partial charge in [0.15, 0.2) is 11.0 Å². The van der Waals surface area contributed by atoms with E-state index < -0.39 is 0 Å². The summed E-state index contributed by atoms with van der Waals surface area (Å²) in [5.74, 6) is 2.15. The lowest BCUT2D eigenvalue weighted by Gasteiger charge is -2.26. The third kappa shape index (κ3) is 4.48. The number of rotatable bonds is 7. The molecule has 0 bridgehead atoms. The molecule has 6 heteroatoms. The zero-order valence-corrected chi connectivity index (χ0v) is 16.3. The monoisotopic (exact) mass is 371 g/mol. The van der Waals surface area contributed by atoms with Crippen LogP contribution >= 0.6 is 11.8 Å². The van der Waals surface area contributed by atoms with E-state index in [0.29, 0.717) is 0 Å². The lowest BCUT2D eigenvalue weighted by Crippen LogP contribution is -2.31. The van der Waals surface area contributed by atoms with Crippen molar-refractivity contribution in [2.24, 2.45) is 0 Å². The molecule has 1 aromatic heterocycles. The maximum atomic E-state index is 4.56. The SMILES string of the molecule is c1ccc(-n2c(CN3CCCC3)nnc2SCCN2CCCCC2)cc1. The first kappa shape index (κ1) is 18.0. The highest BCUT2D eigenvalue weighted by atomic mass is 32.2. The van der Waals surface area contributed by atoms with Crippen molar-refractivity contribution in [2.75, 3.05) is 38.5 Å². The number of piperidine rings is 1. The first-order valence-corrected chi connectivity index (χ1v) is 11.0. The normalized spacial score (nSPS) is 19.2. The highest BCUT2D eigenvalue weighted by molar-refractivity contribution is 7.99. The fourth-order valence-corrected chi connectivity index (χ4v) is 4.89. The zero-order valence-electron chi connectivity index (χ0n) is 15.5. The van der Waals surface area contributed by atoms with Gasteiger partial charge in [0.25, 0.3) is 0 Å². The molecular formula is C20H29N5S. The van der Waals surface area contributed by atoms with E-state index in [1.165, 1.54) is 64.0 Å². The van der Waals surface area contributed by atoms with Gasteiger partial charge >= 0.3 is 0 Å². The molecule has 0 saturated carbocycles. The van der Waals surface area contributed by atoms with Crippen molar-refractivity contribution in [3.8, 4) is 5.69 Å². The molecule has 3 heterocycles. The third-order valence-electron chi connectivity index (χ3n) is 5.37. The molecule has 2 aliphatic heterocycles. The summed E-state index contributed by atoms with van der Waals surface area (Å²) in [5, 5.41) is 10.1. The molecule has 2 aromatic rings. The molecule has 0 aliphatic carbocycles. The summed E-state index contributed by atoms with van der Waals surface area (Å²) in [7, 11) is 0. The van der Waals surface area contributed by atoms with Crippen molar-refractivity contribution in [1.82, 2.24) is 24.6 Å². The van der Waals surface area contributed by atoms with Crippen LogP contribution in [0.4, 0.5) is 0 Å². The first-order valence-electron chi connectivity index (χ1n) is 9.97. The zero-order chi connectivity index (χ0) is 17.6. The summed E-state index contributed by atoms with van der Waals surface area (Å²) >= 11 is 1.84. The molecule has 0 amide bonds. The Morgan fingerprint density at radius 2 is 1.50 bits per heavy atom. The average molecular weight is 372 g/mol. The number of hydrogen-bond donors (Lipinski definition) is 0. The van der Waals surface area contributed by atoms with Crippen LogP contribution in [0.25, 0.3) is 5.69 Å². The topological polar surface area (TPSA) is 37.2 Å². The van der Waals surface area contributed by atoms with Crippen LogP contribution in [-0.2, 0) is 6.54 Å². The highest BCUT2D eigenvalue weighted by Crippen LogP contribution is 2.24. The van der Waals surface area contributed by atoms with Crippen molar-refractivity contribution in [1.29, 1.82) is 0 Å². The Morgan fingerprint density at radius 3 is 2.27 bits per heavy atom. The van der Waals surface area contributed by atoms with Gasteiger partial charge in [-0.1, -0.05) is 36.4 Å². The predicted octanol–water partition coefficient (Wildman–Crippen LogP) is 3.44. The Balaban J connectivity index is 1.47. The molecule has 5 nitrogen and oxygen atoms in total. The van der Waals surface area contributed by atoms with Gasteiger partial charge in [-0.05, 0) is 64.0 Å². The summed E-state index contributed by atoms with van der Waals surface area (Å²) in [5.41, 5.74) is 1.17. The summed E-state index contributed by atoms with van der Waals surface area (Å²) in [6, 6.07) is 10.6. The van der Waals surface area contributed by atoms with Gasteiger partial charge in [0.2, 0.25) is 0 Å². The second-order valence-electron chi connectivity index (χ2n) is 7.30. The summed E-state index contributed by atoms with van der Waals surface area (Å²) in [6.07, 6.45) is 6.70. The van der Waals surface area contributed by atoms with E-state index in [2.05, 4.69) is 54.9 Å². The van der Waals surface area contributed by atoms with E-state index in [4.69, 9.17) is 0 Å². The molecule has 2 saturated heterocycles. The van der Waals surface area contributed by atoms with E-state index in [1.54, 1.807) is 0 Å². The number of aromatic nitrogens is 3. The maximum Gasteiger partial charge on any atom is 0.195 e. The summed E-state index contributed by atoms with van der Waals surface area (Å²) < 4.78 is 2.26. The van der Waals surface area contributed by atoms with Crippen LogP contribution < -0.4 is 0 Å². The van der Waals surface area contributed by atoms with Crippen LogP contribution in [0.15, 0.2) is 35.5 Å². The van der Waals surface area contributed by atoms with Crippen LogP contribution in [0.3, 0.4) is 0 Å². The fourth-order valence-electron chi connectivity index (χ4n) is 3.92. The van der Waals surface area contributed by atoms with Crippen LogP contribution in [0, 0.1) is 0 Å². The fraction of sp³-hybridized carbons (Fsp3) is 0.600. The lowest BCUT2D eigenvalue weighted by molar-refractivity contribution is 0.242. The van der Waals surface area contributed by atoms with Gasteiger partial charge in [-0.2, -0.15) is 0 Å². The Kier molecular flexibility index (Phi) is 6.25. The molecule has 0 atom stereocenters. The Morgan fingerprint density at radius 1 is 0.808 bits per heavy atom. The van der Waals surface area contributed by atoms with Crippen LogP contribution in [-0.4, -0.2) is 63.0 Å². The van der Waals surface area contributed by atoms with Crippen molar-refractivity contribution in [3.05, 3.63) is 36.2 Å². The van der Waals surface area contributed by atoms with E-state index in [-0.39, 0.29) is 0 Å². The van der Waals surface area contributed by atoms with Crippen LogP contribution in [0.1, 0.15) is 37.9 Å². The molecule has 2 fully saturated rings. The van der Waals surface area contributed by atoms with Gasteiger partial charge in [-0.15, -0.1) is 10.2 Å². The highest BCUT2D eigenvalue weighted by Gasteiger charge is 2.19. The minimum Gasteiger partial charge on any atom is -0.303 e. The smallest absolute Gasteiger partial charge is 0.195 e.